The Morgan fingerprint density at radius 2 is 2.05 bits per heavy atom. The second-order valence-corrected chi connectivity index (χ2v) is 7.05. The van der Waals surface area contributed by atoms with Gasteiger partial charge in [-0.1, -0.05) is 11.6 Å². The van der Waals surface area contributed by atoms with Gasteiger partial charge in [0.05, 0.1) is 22.1 Å². The summed E-state index contributed by atoms with van der Waals surface area (Å²) in [5.41, 5.74) is 0.306. The van der Waals surface area contributed by atoms with Gasteiger partial charge in [0.2, 0.25) is 0 Å². The summed E-state index contributed by atoms with van der Waals surface area (Å²) in [7, 11) is 0. The molecule has 0 aliphatic rings. The van der Waals surface area contributed by atoms with Crippen LogP contribution < -0.4 is 10.6 Å². The normalized spacial score (nSPS) is 10.2. The van der Waals surface area contributed by atoms with Crippen molar-refractivity contribution >= 4 is 63.2 Å². The maximum absolute atomic E-state index is 11.8. The predicted molar refractivity (Wildman–Crippen MR) is 91.3 cm³/mol. The van der Waals surface area contributed by atoms with Gasteiger partial charge in [-0.2, -0.15) is 0 Å². The molecule has 1 aromatic heterocycles. The van der Waals surface area contributed by atoms with Crippen LogP contribution in [0.5, 0.6) is 0 Å². The van der Waals surface area contributed by atoms with E-state index in [1.54, 1.807) is 18.2 Å². The van der Waals surface area contributed by atoms with Crippen molar-refractivity contribution in [3.05, 3.63) is 48.7 Å². The van der Waals surface area contributed by atoms with Gasteiger partial charge in [0.1, 0.15) is 0 Å². The minimum absolute atomic E-state index is 0.0521. The van der Waals surface area contributed by atoms with Crippen molar-refractivity contribution in [1.82, 2.24) is 5.32 Å². The summed E-state index contributed by atoms with van der Waals surface area (Å²) in [5, 5.41) is 14.3. The number of anilines is 1. The highest BCUT2D eigenvalue weighted by atomic mass is 127. The SMILES string of the molecule is O=C(NCc1ccc(Cl)s1)Nc1ccc(I)cc1C(=O)O. The Labute approximate surface area is 143 Å². The van der Waals surface area contributed by atoms with E-state index in [0.717, 1.165) is 8.45 Å². The minimum atomic E-state index is -1.09. The molecule has 0 unspecified atom stereocenters. The lowest BCUT2D eigenvalue weighted by Gasteiger charge is -2.09. The number of benzene rings is 1. The molecule has 1 heterocycles. The summed E-state index contributed by atoms with van der Waals surface area (Å²) in [4.78, 5) is 23.9. The van der Waals surface area contributed by atoms with Crippen LogP contribution in [0.3, 0.4) is 0 Å². The lowest BCUT2D eigenvalue weighted by molar-refractivity contribution is 0.0698. The number of amides is 2. The molecule has 0 saturated heterocycles. The van der Waals surface area contributed by atoms with Crippen molar-refractivity contribution in [1.29, 1.82) is 0 Å². The molecule has 2 rings (SSSR count). The lowest BCUT2D eigenvalue weighted by atomic mass is 10.2. The molecule has 0 aliphatic carbocycles. The maximum atomic E-state index is 11.8. The van der Waals surface area contributed by atoms with Gasteiger partial charge in [0.15, 0.2) is 0 Å². The minimum Gasteiger partial charge on any atom is -0.478 e. The Balaban J connectivity index is 2.01. The van der Waals surface area contributed by atoms with Gasteiger partial charge >= 0.3 is 12.0 Å². The highest BCUT2D eigenvalue weighted by Crippen LogP contribution is 2.21. The van der Waals surface area contributed by atoms with Crippen LogP contribution in [-0.2, 0) is 6.54 Å². The van der Waals surface area contributed by atoms with Crippen molar-refractivity contribution in [3.8, 4) is 0 Å². The number of hydrogen-bond acceptors (Lipinski definition) is 3. The van der Waals surface area contributed by atoms with Gasteiger partial charge in [0.25, 0.3) is 0 Å². The van der Waals surface area contributed by atoms with Crippen molar-refractivity contribution in [2.24, 2.45) is 0 Å². The number of hydrogen-bond donors (Lipinski definition) is 3. The number of nitrogens with one attached hydrogen (secondary N) is 2. The summed E-state index contributed by atoms with van der Waals surface area (Å²) >= 11 is 9.19. The van der Waals surface area contributed by atoms with Gasteiger partial charge in [-0.3, -0.25) is 0 Å². The van der Waals surface area contributed by atoms with Crippen molar-refractivity contribution < 1.29 is 14.7 Å². The molecule has 0 spiro atoms. The third-order valence-corrected chi connectivity index (χ3v) is 4.41. The van der Waals surface area contributed by atoms with Gasteiger partial charge in [-0.25, -0.2) is 9.59 Å². The molecule has 110 valence electrons. The standard InChI is InChI=1S/C13H10ClIN2O3S/c14-11-4-2-8(21-11)6-16-13(20)17-10-3-1-7(15)5-9(10)12(18)19/h1-5H,6H2,(H,18,19)(H2,16,17,20). The fraction of sp³-hybridized carbons (Fsp3) is 0.0769. The van der Waals surface area contributed by atoms with Gasteiger partial charge in [-0.05, 0) is 52.9 Å². The first-order valence-electron chi connectivity index (χ1n) is 5.77. The van der Waals surface area contributed by atoms with E-state index >= 15 is 0 Å². The van der Waals surface area contributed by atoms with Gasteiger partial charge in [-0.15, -0.1) is 11.3 Å². The first-order chi connectivity index (χ1) is 9.95. The summed E-state index contributed by atoms with van der Waals surface area (Å²) in [5.74, 6) is -1.09. The molecule has 21 heavy (non-hydrogen) atoms. The highest BCUT2D eigenvalue weighted by Gasteiger charge is 2.13. The van der Waals surface area contributed by atoms with E-state index in [0.29, 0.717) is 10.9 Å². The molecule has 2 aromatic rings. The number of urea groups is 1. The van der Waals surface area contributed by atoms with Crippen LogP contribution in [-0.4, -0.2) is 17.1 Å². The average Bonchev–Trinajstić information content (AvgIpc) is 2.84. The molecule has 0 saturated carbocycles. The first kappa shape index (κ1) is 16.1. The highest BCUT2D eigenvalue weighted by molar-refractivity contribution is 14.1. The quantitative estimate of drug-likeness (QED) is 0.633. The molecule has 0 aliphatic heterocycles. The Hall–Kier alpha value is -1.32. The summed E-state index contributed by atoms with van der Waals surface area (Å²) in [6.45, 7) is 0.329. The molecule has 5 nitrogen and oxygen atoms in total. The molecular formula is C13H10ClIN2O3S. The molecule has 0 bridgehead atoms. The molecule has 2 amide bonds. The van der Waals surface area contributed by atoms with E-state index in [1.807, 2.05) is 28.7 Å². The number of carbonyl (C=O) groups excluding carboxylic acids is 1. The second kappa shape index (κ2) is 7.10. The van der Waals surface area contributed by atoms with Crippen LogP contribution in [0.1, 0.15) is 15.2 Å². The second-order valence-electron chi connectivity index (χ2n) is 4.01. The smallest absolute Gasteiger partial charge is 0.337 e. The number of carboxylic acid groups (broad SMARTS) is 1. The predicted octanol–water partition coefficient (Wildman–Crippen LogP) is 4.03. The molecule has 3 N–H and O–H groups in total. The van der Waals surface area contributed by atoms with Crippen LogP contribution >= 0.6 is 45.5 Å². The number of carboxylic acids is 1. The number of rotatable bonds is 4. The molecule has 8 heteroatoms. The van der Waals surface area contributed by atoms with E-state index < -0.39 is 12.0 Å². The van der Waals surface area contributed by atoms with Crippen LogP contribution in [0, 0.1) is 3.57 Å². The molecule has 0 fully saturated rings. The number of thiophene rings is 1. The van der Waals surface area contributed by atoms with Crippen LogP contribution in [0.25, 0.3) is 0 Å². The Morgan fingerprint density at radius 3 is 2.67 bits per heavy atom. The summed E-state index contributed by atoms with van der Waals surface area (Å²) in [6.07, 6.45) is 0. The van der Waals surface area contributed by atoms with Gasteiger partial charge < -0.3 is 15.7 Å². The van der Waals surface area contributed by atoms with Crippen LogP contribution in [0.15, 0.2) is 30.3 Å². The van der Waals surface area contributed by atoms with Crippen LogP contribution in [0.4, 0.5) is 10.5 Å². The molecule has 0 radical (unpaired) electrons. The number of carbonyl (C=O) groups is 2. The third-order valence-electron chi connectivity index (χ3n) is 2.51. The molecule has 0 atom stereocenters. The van der Waals surface area contributed by atoms with E-state index in [-0.39, 0.29) is 11.3 Å². The summed E-state index contributed by atoms with van der Waals surface area (Å²) in [6, 6.07) is 7.89. The zero-order valence-electron chi connectivity index (χ0n) is 10.5. The Bertz CT molecular complexity index is 690. The lowest BCUT2D eigenvalue weighted by Crippen LogP contribution is -2.28. The summed E-state index contributed by atoms with van der Waals surface area (Å²) < 4.78 is 1.43. The number of halogens is 2. The fourth-order valence-corrected chi connectivity index (χ4v) is 3.10. The van der Waals surface area contributed by atoms with Crippen molar-refractivity contribution in [2.45, 2.75) is 6.54 Å². The van der Waals surface area contributed by atoms with E-state index in [9.17, 15) is 9.59 Å². The Kier molecular flexibility index (Phi) is 5.43. The zero-order valence-corrected chi connectivity index (χ0v) is 14.3. The van der Waals surface area contributed by atoms with Crippen molar-refractivity contribution in [3.63, 3.8) is 0 Å². The Morgan fingerprint density at radius 1 is 1.29 bits per heavy atom. The molecule has 1 aromatic carbocycles. The van der Waals surface area contributed by atoms with Crippen molar-refractivity contribution in [2.75, 3.05) is 5.32 Å². The van der Waals surface area contributed by atoms with Crippen LogP contribution in [0.2, 0.25) is 4.34 Å². The van der Waals surface area contributed by atoms with E-state index in [1.165, 1.54) is 17.4 Å². The molecular weight excluding hydrogens is 427 g/mol. The maximum Gasteiger partial charge on any atom is 0.337 e. The zero-order chi connectivity index (χ0) is 15.4. The first-order valence-corrected chi connectivity index (χ1v) is 8.05. The topological polar surface area (TPSA) is 78.4 Å². The largest absolute Gasteiger partial charge is 0.478 e. The average molecular weight is 437 g/mol. The third kappa shape index (κ3) is 4.58. The van der Waals surface area contributed by atoms with E-state index in [2.05, 4.69) is 10.6 Å². The number of aromatic carboxylic acids is 1. The van der Waals surface area contributed by atoms with Gasteiger partial charge in [0, 0.05) is 8.45 Å². The monoisotopic (exact) mass is 436 g/mol. The van der Waals surface area contributed by atoms with E-state index in [4.69, 9.17) is 16.7 Å². The fourth-order valence-electron chi connectivity index (χ4n) is 1.58.